The first kappa shape index (κ1) is 14.3. The van der Waals surface area contributed by atoms with E-state index in [-0.39, 0.29) is 5.91 Å². The highest BCUT2D eigenvalue weighted by Gasteiger charge is 2.20. The minimum Gasteiger partial charge on any atom is -0.291 e. The Bertz CT molecular complexity index is 944. The van der Waals surface area contributed by atoms with Crippen LogP contribution in [0.1, 0.15) is 10.4 Å². The van der Waals surface area contributed by atoms with Gasteiger partial charge in [0.2, 0.25) is 5.95 Å². The molecular formula is C16H12N6OS. The number of aromatic nitrogens is 5. The molecule has 0 unspecified atom stereocenters. The SMILES string of the molecule is O=C(Nc1ncn[nH]1)c1cn(-c2ccccc2)nc1-c1cccs1. The third-order valence-corrected chi connectivity index (χ3v) is 4.26. The first-order chi connectivity index (χ1) is 11.8. The van der Waals surface area contributed by atoms with Gasteiger partial charge in [-0.25, -0.2) is 9.78 Å². The van der Waals surface area contributed by atoms with Crippen LogP contribution in [0.3, 0.4) is 0 Å². The van der Waals surface area contributed by atoms with Crippen LogP contribution in [-0.2, 0) is 0 Å². The normalized spacial score (nSPS) is 10.7. The van der Waals surface area contributed by atoms with E-state index in [0.29, 0.717) is 17.2 Å². The second kappa shape index (κ2) is 6.09. The third kappa shape index (κ3) is 2.70. The smallest absolute Gasteiger partial charge is 0.261 e. The highest BCUT2D eigenvalue weighted by Crippen LogP contribution is 2.28. The highest BCUT2D eigenvalue weighted by atomic mass is 32.1. The lowest BCUT2D eigenvalue weighted by Crippen LogP contribution is -2.13. The van der Waals surface area contributed by atoms with Gasteiger partial charge in [0.1, 0.15) is 12.0 Å². The molecule has 0 atom stereocenters. The Kier molecular flexibility index (Phi) is 3.64. The molecule has 0 radical (unpaired) electrons. The summed E-state index contributed by atoms with van der Waals surface area (Å²) in [5.74, 6) is 0.00178. The monoisotopic (exact) mass is 336 g/mol. The molecule has 0 aliphatic carbocycles. The van der Waals surface area contributed by atoms with Gasteiger partial charge >= 0.3 is 0 Å². The number of nitrogens with one attached hydrogen (secondary N) is 2. The van der Waals surface area contributed by atoms with Crippen molar-refractivity contribution in [2.75, 3.05) is 5.32 Å². The van der Waals surface area contributed by atoms with Crippen molar-refractivity contribution in [2.24, 2.45) is 0 Å². The Labute approximate surface area is 141 Å². The number of thiophene rings is 1. The summed E-state index contributed by atoms with van der Waals surface area (Å²) < 4.78 is 1.70. The zero-order valence-corrected chi connectivity index (χ0v) is 13.2. The van der Waals surface area contributed by atoms with Gasteiger partial charge in [-0.2, -0.15) is 15.2 Å². The fraction of sp³-hybridized carbons (Fsp3) is 0. The van der Waals surface area contributed by atoms with Crippen LogP contribution in [0, 0.1) is 0 Å². The second-order valence-corrected chi connectivity index (χ2v) is 5.88. The number of rotatable bonds is 4. The largest absolute Gasteiger partial charge is 0.291 e. The van der Waals surface area contributed by atoms with Gasteiger partial charge in [0.05, 0.1) is 16.1 Å². The molecule has 0 bridgehead atoms. The van der Waals surface area contributed by atoms with Crippen LogP contribution in [-0.4, -0.2) is 30.9 Å². The zero-order chi connectivity index (χ0) is 16.4. The maximum absolute atomic E-state index is 12.6. The standard InChI is InChI=1S/C16H12N6OS/c23-15(19-16-17-10-18-20-16)12-9-22(11-5-2-1-3-6-11)21-14(12)13-7-4-8-24-13/h1-10H,(H2,17,18,19,20,23). The van der Waals surface area contributed by atoms with Crippen molar-refractivity contribution in [1.29, 1.82) is 0 Å². The van der Waals surface area contributed by atoms with Crippen molar-refractivity contribution in [3.8, 4) is 16.3 Å². The number of nitrogens with zero attached hydrogens (tertiary/aromatic N) is 4. The van der Waals surface area contributed by atoms with Gasteiger partial charge < -0.3 is 0 Å². The van der Waals surface area contributed by atoms with E-state index in [1.165, 1.54) is 17.7 Å². The number of hydrogen-bond donors (Lipinski definition) is 2. The second-order valence-electron chi connectivity index (χ2n) is 4.94. The average Bonchev–Trinajstić information content (AvgIpc) is 3.36. The molecule has 0 saturated heterocycles. The highest BCUT2D eigenvalue weighted by molar-refractivity contribution is 7.13. The van der Waals surface area contributed by atoms with Gasteiger partial charge in [-0.05, 0) is 23.6 Å². The number of H-pyrrole nitrogens is 1. The van der Waals surface area contributed by atoms with Crippen molar-refractivity contribution in [3.63, 3.8) is 0 Å². The summed E-state index contributed by atoms with van der Waals surface area (Å²) in [6.45, 7) is 0. The van der Waals surface area contributed by atoms with Crippen LogP contribution >= 0.6 is 11.3 Å². The lowest BCUT2D eigenvalue weighted by Gasteiger charge is -2.00. The van der Waals surface area contributed by atoms with Gasteiger partial charge in [0, 0.05) is 6.20 Å². The number of amides is 1. The van der Waals surface area contributed by atoms with Crippen molar-refractivity contribution < 1.29 is 4.79 Å². The van der Waals surface area contributed by atoms with Gasteiger partial charge in [0.25, 0.3) is 5.91 Å². The summed E-state index contributed by atoms with van der Waals surface area (Å²) in [5, 5.41) is 15.6. The average molecular weight is 336 g/mol. The van der Waals surface area contributed by atoms with E-state index < -0.39 is 0 Å². The molecule has 3 aromatic heterocycles. The lowest BCUT2D eigenvalue weighted by atomic mass is 10.2. The summed E-state index contributed by atoms with van der Waals surface area (Å²) in [6, 6.07) is 13.5. The van der Waals surface area contributed by atoms with Crippen molar-refractivity contribution in [2.45, 2.75) is 0 Å². The predicted octanol–water partition coefficient (Wildman–Crippen LogP) is 2.97. The maximum Gasteiger partial charge on any atom is 0.261 e. The van der Waals surface area contributed by atoms with E-state index in [1.54, 1.807) is 10.9 Å². The summed E-state index contributed by atoms with van der Waals surface area (Å²) in [6.07, 6.45) is 3.05. The van der Waals surface area contributed by atoms with Crippen molar-refractivity contribution >= 4 is 23.2 Å². The lowest BCUT2D eigenvalue weighted by molar-refractivity contribution is 0.102. The number of hydrogen-bond acceptors (Lipinski definition) is 5. The molecule has 7 nitrogen and oxygen atoms in total. The van der Waals surface area contributed by atoms with Crippen LogP contribution < -0.4 is 5.32 Å². The van der Waals surface area contributed by atoms with Crippen molar-refractivity contribution in [3.05, 3.63) is 65.9 Å². The number of anilines is 1. The number of carbonyl (C=O) groups excluding carboxylic acids is 1. The molecule has 0 aliphatic rings. The minimum atomic E-state index is -0.294. The molecule has 0 spiro atoms. The molecule has 8 heteroatoms. The maximum atomic E-state index is 12.6. The van der Waals surface area contributed by atoms with Crippen LogP contribution in [0.15, 0.2) is 60.4 Å². The summed E-state index contributed by atoms with van der Waals surface area (Å²) in [5.41, 5.74) is 1.98. The van der Waals surface area contributed by atoms with Crippen LogP contribution in [0.2, 0.25) is 0 Å². The topological polar surface area (TPSA) is 88.5 Å². The molecule has 2 N–H and O–H groups in total. The molecule has 3 heterocycles. The molecule has 1 amide bonds. The Morgan fingerprint density at radius 3 is 2.75 bits per heavy atom. The van der Waals surface area contributed by atoms with E-state index in [4.69, 9.17) is 0 Å². The van der Waals surface area contributed by atoms with E-state index in [2.05, 4.69) is 25.6 Å². The summed E-state index contributed by atoms with van der Waals surface area (Å²) >= 11 is 1.53. The molecule has 0 fully saturated rings. The molecule has 0 aliphatic heterocycles. The third-order valence-electron chi connectivity index (χ3n) is 3.38. The van der Waals surface area contributed by atoms with Crippen LogP contribution in [0.5, 0.6) is 0 Å². The predicted molar refractivity (Wildman–Crippen MR) is 91.2 cm³/mol. The Morgan fingerprint density at radius 1 is 1.17 bits per heavy atom. The van der Waals surface area contributed by atoms with Crippen LogP contribution in [0.25, 0.3) is 16.3 Å². The van der Waals surface area contributed by atoms with E-state index in [0.717, 1.165) is 10.6 Å². The number of para-hydroxylation sites is 1. The first-order valence-electron chi connectivity index (χ1n) is 7.17. The van der Waals surface area contributed by atoms with Gasteiger partial charge in [-0.15, -0.1) is 11.3 Å². The quantitative estimate of drug-likeness (QED) is 0.600. The van der Waals surface area contributed by atoms with Gasteiger partial charge in [-0.3, -0.25) is 10.1 Å². The minimum absolute atomic E-state index is 0.294. The molecule has 4 aromatic rings. The molecule has 4 rings (SSSR count). The molecule has 0 saturated carbocycles. The number of carbonyl (C=O) groups is 1. The Hall–Kier alpha value is -3.26. The molecule has 24 heavy (non-hydrogen) atoms. The molecule has 118 valence electrons. The van der Waals surface area contributed by atoms with Gasteiger partial charge in [-0.1, -0.05) is 24.3 Å². The van der Waals surface area contributed by atoms with E-state index in [1.807, 2.05) is 47.8 Å². The zero-order valence-electron chi connectivity index (χ0n) is 12.4. The fourth-order valence-electron chi connectivity index (χ4n) is 2.29. The van der Waals surface area contributed by atoms with Crippen molar-refractivity contribution in [1.82, 2.24) is 25.0 Å². The fourth-order valence-corrected chi connectivity index (χ4v) is 3.01. The van der Waals surface area contributed by atoms with Gasteiger partial charge in [0.15, 0.2) is 0 Å². The Morgan fingerprint density at radius 2 is 2.04 bits per heavy atom. The number of aromatic amines is 1. The first-order valence-corrected chi connectivity index (χ1v) is 8.05. The van der Waals surface area contributed by atoms with E-state index in [9.17, 15) is 4.79 Å². The molecule has 1 aromatic carbocycles. The van der Waals surface area contributed by atoms with E-state index >= 15 is 0 Å². The molecular weight excluding hydrogens is 324 g/mol. The summed E-state index contributed by atoms with van der Waals surface area (Å²) in [4.78, 5) is 17.5. The number of benzene rings is 1. The van der Waals surface area contributed by atoms with Crippen LogP contribution in [0.4, 0.5) is 5.95 Å². The Balaban J connectivity index is 1.76. The summed E-state index contributed by atoms with van der Waals surface area (Å²) in [7, 11) is 0.